The molecule has 50 valence electrons. The molecule has 8 heavy (non-hydrogen) atoms. The van der Waals surface area contributed by atoms with E-state index in [0.29, 0.717) is 0 Å². The van der Waals surface area contributed by atoms with Gasteiger partial charge in [0.05, 0.1) is 0 Å². The third-order valence-corrected chi connectivity index (χ3v) is 2.44. The minimum Gasteiger partial charge on any atom is -0.309 e. The molecule has 0 amide bonds. The Morgan fingerprint density at radius 2 is 2.00 bits per heavy atom. The van der Waals surface area contributed by atoms with Crippen LogP contribution in [0.5, 0.6) is 0 Å². The lowest BCUT2D eigenvalue weighted by Crippen LogP contribution is -2.20. The zero-order valence-electron chi connectivity index (χ0n) is 5.82. The van der Waals surface area contributed by atoms with E-state index in [1.165, 1.54) is 11.0 Å². The second-order valence-corrected chi connectivity index (χ2v) is 3.40. The lowest BCUT2D eigenvalue weighted by molar-refractivity contribution is 0.359. The summed E-state index contributed by atoms with van der Waals surface area (Å²) < 4.78 is 1.26. The maximum Gasteiger partial charge on any atom is 0.00332 e. The van der Waals surface area contributed by atoms with E-state index in [9.17, 15) is 0 Å². The second-order valence-electron chi connectivity index (χ2n) is 2.52. The van der Waals surface area contributed by atoms with Crippen LogP contribution >= 0.6 is 22.6 Å². The largest absolute Gasteiger partial charge is 0.309 e. The number of rotatable bonds is 3. The summed E-state index contributed by atoms with van der Waals surface area (Å²) in [6.45, 7) is 3.48. The van der Waals surface area contributed by atoms with Crippen LogP contribution < -0.4 is 0 Å². The molecule has 0 rings (SSSR count). The first kappa shape index (κ1) is 8.69. The Labute approximate surface area is 65.6 Å². The summed E-state index contributed by atoms with van der Waals surface area (Å²) in [5.74, 6) is 0.839. The Hall–Kier alpha value is 0.690. The molecule has 0 aromatic rings. The van der Waals surface area contributed by atoms with Crippen LogP contribution in [-0.2, 0) is 0 Å². The number of halogens is 1. The highest BCUT2D eigenvalue weighted by Gasteiger charge is 1.98. The van der Waals surface area contributed by atoms with Gasteiger partial charge in [0.1, 0.15) is 0 Å². The Morgan fingerprint density at radius 1 is 1.50 bits per heavy atom. The molecule has 2 heteroatoms. The highest BCUT2D eigenvalue weighted by atomic mass is 127. The van der Waals surface area contributed by atoms with Gasteiger partial charge in [-0.1, -0.05) is 29.5 Å². The van der Waals surface area contributed by atoms with Crippen LogP contribution in [0.15, 0.2) is 0 Å². The van der Waals surface area contributed by atoms with Crippen molar-refractivity contribution in [3.63, 3.8) is 0 Å². The summed E-state index contributed by atoms with van der Waals surface area (Å²) in [7, 11) is 4.23. The van der Waals surface area contributed by atoms with Crippen LogP contribution in [0.1, 0.15) is 6.92 Å². The first-order valence-electron chi connectivity index (χ1n) is 2.87. The summed E-state index contributed by atoms with van der Waals surface area (Å²) in [5, 5.41) is 0. The molecule has 1 atom stereocenters. The highest BCUT2D eigenvalue weighted by Crippen LogP contribution is 2.00. The quantitative estimate of drug-likeness (QED) is 0.523. The molecule has 0 saturated carbocycles. The summed E-state index contributed by atoms with van der Waals surface area (Å²) >= 11 is 2.42. The van der Waals surface area contributed by atoms with Gasteiger partial charge in [-0.05, 0) is 20.0 Å². The van der Waals surface area contributed by atoms with Crippen molar-refractivity contribution in [3.8, 4) is 0 Å². The smallest absolute Gasteiger partial charge is 0.00332 e. The third-order valence-electron chi connectivity index (χ3n) is 0.940. The number of hydrogen-bond donors (Lipinski definition) is 0. The predicted molar refractivity (Wildman–Crippen MR) is 46.6 cm³/mol. The summed E-state index contributed by atoms with van der Waals surface area (Å²) in [5.41, 5.74) is 0. The summed E-state index contributed by atoms with van der Waals surface area (Å²) in [6.07, 6.45) is 0. The molecule has 0 aliphatic rings. The van der Waals surface area contributed by atoms with Crippen LogP contribution in [0.25, 0.3) is 0 Å². The molecule has 0 spiro atoms. The van der Waals surface area contributed by atoms with Crippen LogP contribution in [0.3, 0.4) is 0 Å². The number of alkyl halides is 1. The van der Waals surface area contributed by atoms with Crippen molar-refractivity contribution in [1.29, 1.82) is 0 Å². The van der Waals surface area contributed by atoms with Gasteiger partial charge in [-0.15, -0.1) is 0 Å². The minimum absolute atomic E-state index is 0.839. The molecule has 0 N–H and O–H groups in total. The fourth-order valence-electron chi connectivity index (χ4n) is 0.672. The van der Waals surface area contributed by atoms with Gasteiger partial charge in [0.25, 0.3) is 0 Å². The molecule has 0 bridgehead atoms. The van der Waals surface area contributed by atoms with Gasteiger partial charge in [0, 0.05) is 11.0 Å². The normalized spacial score (nSPS) is 14.6. The van der Waals surface area contributed by atoms with E-state index in [2.05, 4.69) is 48.5 Å². The minimum atomic E-state index is 0.839. The van der Waals surface area contributed by atoms with Crippen LogP contribution in [-0.4, -0.2) is 30.0 Å². The molecule has 0 saturated heterocycles. The standard InChI is InChI=1S/C6H14IN/c1-6(4-7)5-8(2)3/h6H,4-5H2,1-3H3. The van der Waals surface area contributed by atoms with E-state index >= 15 is 0 Å². The number of hydrogen-bond acceptors (Lipinski definition) is 1. The lowest BCUT2D eigenvalue weighted by atomic mass is 10.2. The fourth-order valence-corrected chi connectivity index (χ4v) is 0.951. The van der Waals surface area contributed by atoms with Crippen LogP contribution in [0.2, 0.25) is 0 Å². The lowest BCUT2D eigenvalue weighted by Gasteiger charge is -2.13. The van der Waals surface area contributed by atoms with Gasteiger partial charge in [0.15, 0.2) is 0 Å². The van der Waals surface area contributed by atoms with Gasteiger partial charge in [-0.25, -0.2) is 0 Å². The first-order valence-corrected chi connectivity index (χ1v) is 4.40. The highest BCUT2D eigenvalue weighted by molar-refractivity contribution is 14.1. The zero-order chi connectivity index (χ0) is 6.57. The average molecular weight is 227 g/mol. The van der Waals surface area contributed by atoms with E-state index < -0.39 is 0 Å². The van der Waals surface area contributed by atoms with E-state index in [-0.39, 0.29) is 0 Å². The SMILES string of the molecule is CC(CI)CN(C)C. The van der Waals surface area contributed by atoms with Crippen molar-refractivity contribution >= 4 is 22.6 Å². The second kappa shape index (κ2) is 4.56. The van der Waals surface area contributed by atoms with E-state index in [0.717, 1.165) is 5.92 Å². The maximum atomic E-state index is 2.42. The van der Waals surface area contributed by atoms with Gasteiger partial charge in [-0.3, -0.25) is 0 Å². The van der Waals surface area contributed by atoms with E-state index in [4.69, 9.17) is 0 Å². The van der Waals surface area contributed by atoms with Crippen molar-refractivity contribution in [2.45, 2.75) is 6.92 Å². The Kier molecular flexibility index (Phi) is 4.95. The Morgan fingerprint density at radius 3 is 2.12 bits per heavy atom. The van der Waals surface area contributed by atoms with E-state index in [1.807, 2.05) is 0 Å². The Balaban J connectivity index is 3.10. The molecule has 0 radical (unpaired) electrons. The zero-order valence-corrected chi connectivity index (χ0v) is 7.97. The monoisotopic (exact) mass is 227 g/mol. The molecule has 0 aliphatic heterocycles. The number of nitrogens with zero attached hydrogens (tertiary/aromatic N) is 1. The van der Waals surface area contributed by atoms with Gasteiger partial charge >= 0.3 is 0 Å². The predicted octanol–water partition coefficient (Wildman–Crippen LogP) is 1.62. The van der Waals surface area contributed by atoms with Crippen LogP contribution in [0.4, 0.5) is 0 Å². The third kappa shape index (κ3) is 4.84. The van der Waals surface area contributed by atoms with Crippen molar-refractivity contribution in [2.75, 3.05) is 25.1 Å². The molecule has 0 aliphatic carbocycles. The Bertz CT molecular complexity index is 54.5. The fraction of sp³-hybridized carbons (Fsp3) is 1.00. The molecule has 0 heterocycles. The molecular formula is C6H14IN. The van der Waals surface area contributed by atoms with Crippen molar-refractivity contribution in [3.05, 3.63) is 0 Å². The topological polar surface area (TPSA) is 3.24 Å². The first-order chi connectivity index (χ1) is 3.66. The molecule has 0 aromatic heterocycles. The molecular weight excluding hydrogens is 213 g/mol. The molecule has 1 nitrogen and oxygen atoms in total. The van der Waals surface area contributed by atoms with Crippen molar-refractivity contribution in [2.24, 2.45) is 5.92 Å². The average Bonchev–Trinajstić information content (AvgIpc) is 1.65. The summed E-state index contributed by atoms with van der Waals surface area (Å²) in [6, 6.07) is 0. The summed E-state index contributed by atoms with van der Waals surface area (Å²) in [4.78, 5) is 2.23. The molecule has 0 aromatic carbocycles. The van der Waals surface area contributed by atoms with Crippen molar-refractivity contribution < 1.29 is 0 Å². The van der Waals surface area contributed by atoms with Crippen molar-refractivity contribution in [1.82, 2.24) is 4.90 Å². The molecule has 1 unspecified atom stereocenters. The van der Waals surface area contributed by atoms with Gasteiger partial charge in [-0.2, -0.15) is 0 Å². The van der Waals surface area contributed by atoms with E-state index in [1.54, 1.807) is 0 Å². The van der Waals surface area contributed by atoms with Crippen LogP contribution in [0, 0.1) is 5.92 Å². The van der Waals surface area contributed by atoms with Gasteiger partial charge < -0.3 is 4.90 Å². The molecule has 0 fully saturated rings. The maximum absolute atomic E-state index is 2.42. The van der Waals surface area contributed by atoms with Gasteiger partial charge in [0.2, 0.25) is 0 Å².